The van der Waals surface area contributed by atoms with Crippen molar-refractivity contribution in [2.75, 3.05) is 33.4 Å². The van der Waals surface area contributed by atoms with Crippen LogP contribution in [0.3, 0.4) is 0 Å². The first-order chi connectivity index (χ1) is 10.7. The molecular weight excluding hydrogens is 292 g/mol. The highest BCUT2D eigenvalue weighted by Gasteiger charge is 2.24. The van der Waals surface area contributed by atoms with E-state index in [1.807, 2.05) is 18.8 Å². The normalized spacial score (nSPS) is 27.4. The average molecular weight is 327 g/mol. The molecule has 2 rings (SSSR count). The largest absolute Gasteiger partial charge is 0.355 e. The Morgan fingerprint density at radius 3 is 2.59 bits per heavy atom. The summed E-state index contributed by atoms with van der Waals surface area (Å²) in [4.78, 5) is 6.91. The van der Waals surface area contributed by atoms with Crippen LogP contribution in [0.15, 0.2) is 4.99 Å². The Bertz CT molecular complexity index is 342. The van der Waals surface area contributed by atoms with E-state index in [1.54, 1.807) is 0 Å². The Labute approximate surface area is 140 Å². The van der Waals surface area contributed by atoms with Gasteiger partial charge in [-0.2, -0.15) is 11.8 Å². The summed E-state index contributed by atoms with van der Waals surface area (Å²) in [5, 5.41) is 7.91. The molecule has 0 aromatic carbocycles. The van der Waals surface area contributed by atoms with E-state index in [9.17, 15) is 0 Å². The zero-order chi connectivity index (χ0) is 15.8. The number of nitrogens with zero attached hydrogens (tertiary/aromatic N) is 2. The van der Waals surface area contributed by atoms with Crippen molar-refractivity contribution in [2.24, 2.45) is 4.99 Å². The van der Waals surface area contributed by atoms with E-state index in [4.69, 9.17) is 0 Å². The fourth-order valence-corrected chi connectivity index (χ4v) is 4.52. The van der Waals surface area contributed by atoms with Crippen molar-refractivity contribution in [1.82, 2.24) is 15.5 Å². The second kappa shape index (κ2) is 9.66. The number of rotatable bonds is 6. The lowest BCUT2D eigenvalue weighted by atomic mass is 9.94. The predicted octanol–water partition coefficient (Wildman–Crippen LogP) is 2.70. The zero-order valence-corrected chi connectivity index (χ0v) is 15.4. The number of aliphatic imine (C=N–C) groups is 1. The molecule has 4 nitrogen and oxygen atoms in total. The number of hydrogen-bond acceptors (Lipinski definition) is 3. The molecule has 2 aliphatic carbocycles. The molecule has 0 spiro atoms. The van der Waals surface area contributed by atoms with Crippen LogP contribution in [-0.2, 0) is 0 Å². The monoisotopic (exact) mass is 326 g/mol. The van der Waals surface area contributed by atoms with Crippen molar-refractivity contribution in [3.63, 3.8) is 0 Å². The number of thioether (sulfide) groups is 1. The summed E-state index contributed by atoms with van der Waals surface area (Å²) in [6.07, 6.45) is 13.1. The van der Waals surface area contributed by atoms with Gasteiger partial charge in [0.2, 0.25) is 0 Å². The zero-order valence-electron chi connectivity index (χ0n) is 14.6. The lowest BCUT2D eigenvalue weighted by Crippen LogP contribution is -2.46. The van der Waals surface area contributed by atoms with Crippen molar-refractivity contribution in [2.45, 2.75) is 68.7 Å². The van der Waals surface area contributed by atoms with Crippen LogP contribution in [-0.4, -0.2) is 61.6 Å². The number of guanidine groups is 1. The van der Waals surface area contributed by atoms with Gasteiger partial charge in [0.05, 0.1) is 0 Å². The molecule has 0 aromatic rings. The molecular formula is C17H34N4S. The third-order valence-corrected chi connectivity index (χ3v) is 6.33. The van der Waals surface area contributed by atoms with Crippen molar-refractivity contribution < 1.29 is 0 Å². The molecule has 0 heterocycles. The first-order valence-corrected chi connectivity index (χ1v) is 10.2. The van der Waals surface area contributed by atoms with Gasteiger partial charge in [-0.1, -0.05) is 19.3 Å². The molecule has 2 fully saturated rings. The van der Waals surface area contributed by atoms with Gasteiger partial charge in [-0.05, 0) is 45.4 Å². The highest BCUT2D eigenvalue weighted by atomic mass is 32.2. The standard InChI is InChI=1S/C17H34N4S/c1-18-17(20-14-9-10-16(13-14)22-3)19-11-12-21(2)15-7-5-4-6-8-15/h14-16H,4-13H2,1-3H3,(H2,18,19,20). The molecule has 2 atom stereocenters. The molecule has 0 saturated heterocycles. The Morgan fingerprint density at radius 2 is 1.95 bits per heavy atom. The van der Waals surface area contributed by atoms with Gasteiger partial charge in [-0.3, -0.25) is 4.99 Å². The first-order valence-electron chi connectivity index (χ1n) is 8.93. The van der Waals surface area contributed by atoms with Gasteiger partial charge < -0.3 is 15.5 Å². The van der Waals surface area contributed by atoms with Crippen LogP contribution in [0.25, 0.3) is 0 Å². The van der Waals surface area contributed by atoms with E-state index >= 15 is 0 Å². The molecule has 2 saturated carbocycles. The van der Waals surface area contributed by atoms with E-state index in [0.29, 0.717) is 6.04 Å². The summed E-state index contributed by atoms with van der Waals surface area (Å²) in [5.41, 5.74) is 0. The fourth-order valence-electron chi connectivity index (χ4n) is 3.73. The average Bonchev–Trinajstić information content (AvgIpc) is 3.02. The van der Waals surface area contributed by atoms with Crippen LogP contribution in [0.2, 0.25) is 0 Å². The van der Waals surface area contributed by atoms with Gasteiger partial charge >= 0.3 is 0 Å². The Hall–Kier alpha value is -0.420. The lowest BCUT2D eigenvalue weighted by molar-refractivity contribution is 0.194. The smallest absolute Gasteiger partial charge is 0.191 e. The van der Waals surface area contributed by atoms with Crippen LogP contribution in [0.5, 0.6) is 0 Å². The van der Waals surface area contributed by atoms with Crippen LogP contribution in [0.1, 0.15) is 51.4 Å². The summed E-state index contributed by atoms with van der Waals surface area (Å²) in [7, 11) is 4.15. The Morgan fingerprint density at radius 1 is 1.18 bits per heavy atom. The number of nitrogens with one attached hydrogen (secondary N) is 2. The predicted molar refractivity (Wildman–Crippen MR) is 98.9 cm³/mol. The van der Waals surface area contributed by atoms with Gasteiger partial charge in [0.1, 0.15) is 0 Å². The molecule has 0 radical (unpaired) electrons. The maximum absolute atomic E-state index is 4.38. The van der Waals surface area contributed by atoms with Crippen LogP contribution in [0.4, 0.5) is 0 Å². The Kier molecular flexibility index (Phi) is 7.87. The van der Waals surface area contributed by atoms with Crippen LogP contribution >= 0.6 is 11.8 Å². The molecule has 0 bridgehead atoms. The molecule has 2 aliphatic rings. The van der Waals surface area contributed by atoms with E-state index in [-0.39, 0.29) is 0 Å². The minimum Gasteiger partial charge on any atom is -0.355 e. The third kappa shape index (κ3) is 5.65. The molecule has 2 N–H and O–H groups in total. The van der Waals surface area contributed by atoms with Gasteiger partial charge in [0, 0.05) is 37.5 Å². The van der Waals surface area contributed by atoms with Gasteiger partial charge in [-0.15, -0.1) is 0 Å². The molecule has 22 heavy (non-hydrogen) atoms. The first kappa shape index (κ1) is 17.9. The number of hydrogen-bond donors (Lipinski definition) is 2. The van der Waals surface area contributed by atoms with Crippen molar-refractivity contribution in [3.8, 4) is 0 Å². The molecule has 5 heteroatoms. The summed E-state index contributed by atoms with van der Waals surface area (Å²) < 4.78 is 0. The maximum atomic E-state index is 4.38. The fraction of sp³-hybridized carbons (Fsp3) is 0.941. The minimum absolute atomic E-state index is 0.597. The molecule has 0 aromatic heterocycles. The SMILES string of the molecule is CN=C(NCCN(C)C1CCCCC1)NC1CCC(SC)C1. The second-order valence-corrected chi connectivity index (χ2v) is 7.92. The summed E-state index contributed by atoms with van der Waals surface area (Å²) in [6, 6.07) is 1.39. The van der Waals surface area contributed by atoms with E-state index in [1.165, 1.54) is 51.4 Å². The Balaban J connectivity index is 1.63. The van der Waals surface area contributed by atoms with E-state index in [0.717, 1.165) is 30.3 Å². The van der Waals surface area contributed by atoms with Crippen LogP contribution < -0.4 is 10.6 Å². The maximum Gasteiger partial charge on any atom is 0.191 e. The summed E-state index contributed by atoms with van der Waals surface area (Å²) in [5.74, 6) is 0.976. The number of likely N-dealkylation sites (N-methyl/N-ethyl adjacent to an activating group) is 1. The quantitative estimate of drug-likeness (QED) is 0.581. The molecule has 128 valence electrons. The molecule has 2 unspecified atom stereocenters. The highest BCUT2D eigenvalue weighted by molar-refractivity contribution is 7.99. The third-order valence-electron chi connectivity index (χ3n) is 5.24. The van der Waals surface area contributed by atoms with Gasteiger partial charge in [0.15, 0.2) is 5.96 Å². The molecule has 0 amide bonds. The molecule has 0 aliphatic heterocycles. The van der Waals surface area contributed by atoms with E-state index in [2.05, 4.69) is 33.8 Å². The summed E-state index contributed by atoms with van der Waals surface area (Å²) >= 11 is 2.00. The minimum atomic E-state index is 0.597. The topological polar surface area (TPSA) is 39.7 Å². The van der Waals surface area contributed by atoms with E-state index < -0.39 is 0 Å². The highest BCUT2D eigenvalue weighted by Crippen LogP contribution is 2.28. The van der Waals surface area contributed by atoms with Crippen molar-refractivity contribution >= 4 is 17.7 Å². The lowest BCUT2D eigenvalue weighted by Gasteiger charge is -2.31. The van der Waals surface area contributed by atoms with Crippen molar-refractivity contribution in [1.29, 1.82) is 0 Å². The van der Waals surface area contributed by atoms with Crippen molar-refractivity contribution in [3.05, 3.63) is 0 Å². The van der Waals surface area contributed by atoms with Gasteiger partial charge in [0.25, 0.3) is 0 Å². The second-order valence-electron chi connectivity index (χ2n) is 6.78. The van der Waals surface area contributed by atoms with Crippen LogP contribution in [0, 0.1) is 0 Å². The van der Waals surface area contributed by atoms with Gasteiger partial charge in [-0.25, -0.2) is 0 Å². The summed E-state index contributed by atoms with van der Waals surface area (Å²) in [6.45, 7) is 2.08.